The number of ether oxygens (including phenoxy) is 3. The van der Waals surface area contributed by atoms with Crippen molar-refractivity contribution in [2.45, 2.75) is 129 Å². The second-order valence-corrected chi connectivity index (χ2v) is 18.9. The number of nitrogens with one attached hydrogen (secondary N) is 2. The van der Waals surface area contributed by atoms with Crippen LogP contribution in [0, 0.1) is 11.3 Å². The standard InChI is InChI=1S/C49H61F3N6O8.4H2S/c1-9-57-38-15-14-30-24-34(38)35(43(57)33-12-10-18-53-41(33)28(4)64-8)25-48(5,6)26-65-47(63)36-13-11-19-58(55-36)45(61)37(22-29-20-31(30)23-32(59)21-29)54-44(60)42(27(2)3)56(7)46(62)39-16-17-40(66-39)49(50,51)52;;;;/h10,12,14-15,18,20-21,23-24,27-28,36-37,39-40,42,55,59H,9,11,13,16-17,19,22,25-26H2,1-8H3,(H,54,60);4*1H2/t28-,36-,37-,39?,40?,42-;;;;/m0..../s1. The maximum atomic E-state index is 14.6. The molecule has 3 amide bonds. The molecule has 5 heterocycles. The lowest BCUT2D eigenvalue weighted by atomic mass is 9.84. The summed E-state index contributed by atoms with van der Waals surface area (Å²) < 4.78 is 59.6. The number of fused-ring (bicyclic) bond motifs is 6. The Labute approximate surface area is 435 Å². The van der Waals surface area contributed by atoms with Gasteiger partial charge in [-0.1, -0.05) is 39.8 Å². The van der Waals surface area contributed by atoms with Gasteiger partial charge < -0.3 is 34.1 Å². The van der Waals surface area contributed by atoms with Crippen LogP contribution in [-0.2, 0) is 52.8 Å². The van der Waals surface area contributed by atoms with Gasteiger partial charge in [0.05, 0.1) is 24.1 Å². The number of benzene rings is 2. The van der Waals surface area contributed by atoms with Crippen LogP contribution in [0.25, 0.3) is 33.3 Å². The zero-order valence-corrected chi connectivity index (χ0v) is 44.8. The molecule has 3 aliphatic heterocycles. The number of amides is 3. The average molecular weight is 1060 g/mol. The number of alkyl halides is 3. The summed E-state index contributed by atoms with van der Waals surface area (Å²) in [5, 5.41) is 16.4. The Kier molecular flexibility index (Phi) is 21.1. The number of aromatic nitrogens is 2. The third-order valence-electron chi connectivity index (χ3n) is 13.0. The van der Waals surface area contributed by atoms with Crippen molar-refractivity contribution in [2.75, 3.05) is 27.3 Å². The first kappa shape index (κ1) is 60.2. The SMILES string of the molecule is CCn1c(-c2cccnc2[C@H](C)OC)c2c3cc(ccc31)-c1cc(O)cc(c1)C[C@H](NC(=O)[C@H](C(C)C)N(C)C(=O)C1CCC(C(F)(F)F)O1)C(=O)N1CCC[C@H](N1)C(=O)OCC(C)(C)C2.S.S.S.S. The molecular weight excluding hydrogens is 986 g/mol. The zero-order valence-electron chi connectivity index (χ0n) is 40.8. The van der Waals surface area contributed by atoms with E-state index in [0.717, 1.165) is 43.9 Å². The number of esters is 1. The van der Waals surface area contributed by atoms with E-state index in [-0.39, 0.29) is 98.3 Å². The van der Waals surface area contributed by atoms with Crippen LogP contribution in [0.15, 0.2) is 54.7 Å². The van der Waals surface area contributed by atoms with E-state index in [1.54, 1.807) is 33.2 Å². The number of halogens is 3. The Morgan fingerprint density at radius 3 is 2.39 bits per heavy atom. The molecule has 70 heavy (non-hydrogen) atoms. The summed E-state index contributed by atoms with van der Waals surface area (Å²) in [7, 11) is 2.99. The number of nitrogens with zero attached hydrogens (tertiary/aromatic N) is 4. The van der Waals surface area contributed by atoms with Gasteiger partial charge in [-0.2, -0.15) is 67.2 Å². The van der Waals surface area contributed by atoms with Gasteiger partial charge in [-0.15, -0.1) is 0 Å². The van der Waals surface area contributed by atoms with Gasteiger partial charge >= 0.3 is 12.1 Å². The predicted octanol–water partition coefficient (Wildman–Crippen LogP) is 7.50. The van der Waals surface area contributed by atoms with Gasteiger partial charge in [-0.3, -0.25) is 29.2 Å². The fourth-order valence-corrected chi connectivity index (χ4v) is 9.67. The number of cyclic esters (lactones) is 1. The van der Waals surface area contributed by atoms with Crippen molar-refractivity contribution in [3.63, 3.8) is 0 Å². The number of phenols is 1. The summed E-state index contributed by atoms with van der Waals surface area (Å²) in [6, 6.07) is 11.7. The number of hydrogen-bond donors (Lipinski definition) is 3. The highest BCUT2D eigenvalue weighted by atomic mass is 32.1. The van der Waals surface area contributed by atoms with Gasteiger partial charge in [-0.25, -0.2) is 5.43 Å². The van der Waals surface area contributed by atoms with Crippen LogP contribution in [-0.4, -0.2) is 112 Å². The van der Waals surface area contributed by atoms with Crippen molar-refractivity contribution in [1.82, 2.24) is 30.2 Å². The summed E-state index contributed by atoms with van der Waals surface area (Å²) in [4.78, 5) is 62.3. The normalized spacial score (nSPS) is 21.2. The van der Waals surface area contributed by atoms with Crippen molar-refractivity contribution in [2.24, 2.45) is 11.3 Å². The molecule has 3 aliphatic rings. The number of likely N-dealkylation sites (N-methyl/N-ethyl adjacent to an activating group) is 1. The van der Waals surface area contributed by atoms with Crippen LogP contribution < -0.4 is 10.7 Å². The molecule has 14 nitrogen and oxygen atoms in total. The summed E-state index contributed by atoms with van der Waals surface area (Å²) in [5.41, 5.74) is 9.05. The van der Waals surface area contributed by atoms with E-state index >= 15 is 0 Å². The number of rotatable bonds is 9. The van der Waals surface area contributed by atoms with Gasteiger partial charge in [0.25, 0.3) is 11.8 Å². The molecule has 2 aromatic heterocycles. The number of methoxy groups -OCH3 is 1. The first-order valence-corrected chi connectivity index (χ1v) is 22.7. The fraction of sp³-hybridized carbons (Fsp3) is 0.531. The van der Waals surface area contributed by atoms with Crippen LogP contribution in [0.3, 0.4) is 0 Å². The number of carbonyl (C=O) groups is 4. The lowest BCUT2D eigenvalue weighted by Gasteiger charge is -2.37. The van der Waals surface area contributed by atoms with Gasteiger partial charge in [-0.05, 0) is 111 Å². The molecule has 388 valence electrons. The fourth-order valence-electron chi connectivity index (χ4n) is 9.67. The van der Waals surface area contributed by atoms with E-state index in [0.29, 0.717) is 36.9 Å². The number of hydrogen-bond acceptors (Lipinski definition) is 10. The Morgan fingerprint density at radius 2 is 1.74 bits per heavy atom. The van der Waals surface area contributed by atoms with Crippen LogP contribution >= 0.6 is 54.0 Å². The Balaban J connectivity index is 0.00000324. The highest BCUT2D eigenvalue weighted by Crippen LogP contribution is 2.42. The highest BCUT2D eigenvalue weighted by Gasteiger charge is 2.48. The largest absolute Gasteiger partial charge is 0.508 e. The minimum absolute atomic E-state index is 0. The van der Waals surface area contributed by atoms with E-state index in [4.69, 9.17) is 19.2 Å². The zero-order chi connectivity index (χ0) is 47.8. The van der Waals surface area contributed by atoms with E-state index in [9.17, 15) is 37.5 Å². The summed E-state index contributed by atoms with van der Waals surface area (Å²) in [5.74, 6) is -3.22. The number of aryl methyl sites for hydroxylation is 1. The summed E-state index contributed by atoms with van der Waals surface area (Å²) in [6.45, 7) is 12.4. The first-order chi connectivity index (χ1) is 31.2. The van der Waals surface area contributed by atoms with E-state index < -0.39 is 71.5 Å². The van der Waals surface area contributed by atoms with Gasteiger partial charge in [0, 0.05) is 61.7 Å². The topological polar surface area (TPSA) is 165 Å². The molecule has 0 spiro atoms. The molecule has 2 aromatic carbocycles. The first-order valence-electron chi connectivity index (χ1n) is 22.7. The predicted molar refractivity (Wildman–Crippen MR) is 282 cm³/mol. The molecule has 7 rings (SSSR count). The maximum absolute atomic E-state index is 14.6. The molecular formula is C49H69F3N6O8S4. The van der Waals surface area contributed by atoms with Crippen LogP contribution in [0.5, 0.6) is 5.75 Å². The Morgan fingerprint density at radius 1 is 1.03 bits per heavy atom. The number of phenolic OH excluding ortho intramolecular Hbond substituents is 1. The summed E-state index contributed by atoms with van der Waals surface area (Å²) >= 11 is 0. The van der Waals surface area contributed by atoms with Crippen molar-refractivity contribution in [1.29, 1.82) is 0 Å². The monoisotopic (exact) mass is 1050 g/mol. The number of pyridine rings is 1. The molecule has 2 fully saturated rings. The number of hydrazine groups is 1. The molecule has 6 bridgehead atoms. The van der Waals surface area contributed by atoms with E-state index in [1.807, 2.05) is 51.1 Å². The maximum Gasteiger partial charge on any atom is 0.414 e. The highest BCUT2D eigenvalue weighted by molar-refractivity contribution is 7.59. The molecule has 0 saturated carbocycles. The third kappa shape index (κ3) is 12.9. The van der Waals surface area contributed by atoms with E-state index in [2.05, 4.69) is 28.3 Å². The van der Waals surface area contributed by atoms with Gasteiger partial charge in [0.2, 0.25) is 5.91 Å². The van der Waals surface area contributed by atoms with Crippen molar-refractivity contribution >= 4 is 88.6 Å². The smallest absolute Gasteiger partial charge is 0.414 e. The van der Waals surface area contributed by atoms with Gasteiger partial charge in [0.1, 0.15) is 30.0 Å². The molecule has 0 aliphatic carbocycles. The summed E-state index contributed by atoms with van der Waals surface area (Å²) in [6.07, 6.45) is -6.00. The minimum Gasteiger partial charge on any atom is -0.508 e. The average Bonchev–Trinajstić information content (AvgIpc) is 3.90. The second kappa shape index (κ2) is 24.5. The Bertz CT molecular complexity index is 2490. The van der Waals surface area contributed by atoms with Gasteiger partial charge in [0.15, 0.2) is 6.10 Å². The lowest BCUT2D eigenvalue weighted by Crippen LogP contribution is -2.62. The van der Waals surface area contributed by atoms with Crippen molar-refractivity contribution < 1.29 is 51.7 Å². The molecule has 0 radical (unpaired) electrons. The van der Waals surface area contributed by atoms with Crippen LogP contribution in [0.4, 0.5) is 13.2 Å². The van der Waals surface area contributed by atoms with E-state index in [1.165, 1.54) is 18.1 Å². The second-order valence-electron chi connectivity index (χ2n) is 18.9. The third-order valence-corrected chi connectivity index (χ3v) is 13.0. The Hall–Kier alpha value is -4.12. The number of aromatic hydroxyl groups is 1. The van der Waals surface area contributed by atoms with Crippen molar-refractivity contribution in [3.8, 4) is 28.1 Å². The molecule has 4 aromatic rings. The molecule has 2 unspecified atom stereocenters. The number of carbonyl (C=O) groups excluding carboxylic acids is 4. The lowest BCUT2D eigenvalue weighted by molar-refractivity contribution is -0.216. The van der Waals surface area contributed by atoms with Crippen LogP contribution in [0.1, 0.15) is 90.2 Å². The molecule has 3 N–H and O–H groups in total. The van der Waals surface area contributed by atoms with Crippen molar-refractivity contribution in [3.05, 3.63) is 71.5 Å². The molecule has 2 saturated heterocycles. The molecule has 6 atom stereocenters. The quantitative estimate of drug-likeness (QED) is 0.143. The minimum atomic E-state index is -4.64. The molecule has 21 heteroatoms. The van der Waals surface area contributed by atoms with Crippen LogP contribution in [0.2, 0.25) is 0 Å².